The molecule has 0 radical (unpaired) electrons. The van der Waals surface area contributed by atoms with E-state index < -0.39 is 8.07 Å². The molecule has 0 spiro atoms. The van der Waals surface area contributed by atoms with Crippen LogP contribution >= 0.6 is 0 Å². The van der Waals surface area contributed by atoms with Crippen molar-refractivity contribution in [3.8, 4) is 0 Å². The molecule has 2 aromatic rings. The van der Waals surface area contributed by atoms with Crippen molar-refractivity contribution in [3.63, 3.8) is 0 Å². The van der Waals surface area contributed by atoms with Crippen LogP contribution in [0, 0.1) is 0 Å². The summed E-state index contributed by atoms with van der Waals surface area (Å²) >= 11 is 0. The van der Waals surface area contributed by atoms with Crippen molar-refractivity contribution >= 4 is 24.8 Å². The van der Waals surface area contributed by atoms with Gasteiger partial charge in [-0.1, -0.05) is 56.0 Å². The normalized spacial score (nSPS) is 12.2. The Morgan fingerprint density at radius 3 is 2.08 bits per heavy atom. The number of benzene rings is 2. The molecule has 0 bridgehead atoms. The lowest BCUT2D eigenvalue weighted by molar-refractivity contribution is 0.0645. The van der Waals surface area contributed by atoms with Crippen molar-refractivity contribution in [2.24, 2.45) is 0 Å². The van der Waals surface area contributed by atoms with Gasteiger partial charge >= 0.3 is 0 Å². The third-order valence-electron chi connectivity index (χ3n) is 4.30. The Morgan fingerprint density at radius 2 is 1.54 bits per heavy atom. The monoisotopic (exact) mass is 341 g/mol. The number of rotatable bonds is 5. The molecule has 3 heteroatoms. The molecule has 0 N–H and O–H groups in total. The fraction of sp³-hybridized carbons (Fsp3) is 0.476. The van der Waals surface area contributed by atoms with Gasteiger partial charge in [-0.2, -0.15) is 0 Å². The van der Waals surface area contributed by atoms with Gasteiger partial charge < -0.3 is 4.90 Å². The standard InChI is InChI=1S/C21H31NOSi/c1-15(2)22(16(3)4)21(23)20-18(14-24(5,6)7)13-12-17-10-8-9-11-19(17)20/h8-13,15-16H,14H2,1-7H3. The summed E-state index contributed by atoms with van der Waals surface area (Å²) in [7, 11) is -1.32. The second-order valence-corrected chi connectivity index (χ2v) is 13.9. The maximum Gasteiger partial charge on any atom is 0.255 e. The lowest BCUT2D eigenvalue weighted by Crippen LogP contribution is -2.42. The highest BCUT2D eigenvalue weighted by Crippen LogP contribution is 2.28. The molecule has 0 aliphatic heterocycles. The van der Waals surface area contributed by atoms with Crippen LogP contribution in [-0.4, -0.2) is 31.0 Å². The van der Waals surface area contributed by atoms with E-state index in [-0.39, 0.29) is 18.0 Å². The van der Waals surface area contributed by atoms with Crippen molar-refractivity contribution in [2.75, 3.05) is 0 Å². The summed E-state index contributed by atoms with van der Waals surface area (Å²) in [5.74, 6) is 0.171. The van der Waals surface area contributed by atoms with Gasteiger partial charge in [0.15, 0.2) is 0 Å². The van der Waals surface area contributed by atoms with Crippen molar-refractivity contribution in [1.29, 1.82) is 0 Å². The Kier molecular flexibility index (Phi) is 5.54. The highest BCUT2D eigenvalue weighted by atomic mass is 28.3. The van der Waals surface area contributed by atoms with Gasteiger partial charge in [0.1, 0.15) is 0 Å². The van der Waals surface area contributed by atoms with Gasteiger partial charge in [0.2, 0.25) is 0 Å². The topological polar surface area (TPSA) is 20.3 Å². The van der Waals surface area contributed by atoms with Crippen molar-refractivity contribution in [2.45, 2.75) is 65.5 Å². The summed E-state index contributed by atoms with van der Waals surface area (Å²) < 4.78 is 0. The average Bonchev–Trinajstić information content (AvgIpc) is 2.44. The first kappa shape index (κ1) is 18.7. The largest absolute Gasteiger partial charge is 0.334 e. The van der Waals surface area contributed by atoms with Gasteiger partial charge in [-0.15, -0.1) is 0 Å². The van der Waals surface area contributed by atoms with Crippen molar-refractivity contribution < 1.29 is 4.79 Å². The molecule has 0 heterocycles. The van der Waals surface area contributed by atoms with Crippen LogP contribution in [0.1, 0.15) is 43.6 Å². The highest BCUT2D eigenvalue weighted by molar-refractivity contribution is 6.75. The average molecular weight is 342 g/mol. The first-order valence-corrected chi connectivity index (χ1v) is 12.7. The van der Waals surface area contributed by atoms with Gasteiger partial charge in [0, 0.05) is 20.2 Å². The smallest absolute Gasteiger partial charge is 0.255 e. The van der Waals surface area contributed by atoms with Crippen LogP contribution in [0.15, 0.2) is 36.4 Å². The number of fused-ring (bicyclic) bond motifs is 1. The maximum atomic E-state index is 13.5. The lowest BCUT2D eigenvalue weighted by Gasteiger charge is -2.32. The van der Waals surface area contributed by atoms with Crippen LogP contribution in [0.2, 0.25) is 19.6 Å². The van der Waals surface area contributed by atoms with Crippen LogP contribution in [0.3, 0.4) is 0 Å². The van der Waals surface area contributed by atoms with E-state index in [1.54, 1.807) is 0 Å². The molecule has 0 atom stereocenters. The van der Waals surface area contributed by atoms with E-state index in [0.29, 0.717) is 0 Å². The molecule has 0 unspecified atom stereocenters. The summed E-state index contributed by atoms with van der Waals surface area (Å²) in [6.07, 6.45) is 0. The number of hydrogen-bond acceptors (Lipinski definition) is 1. The van der Waals surface area contributed by atoms with Crippen molar-refractivity contribution in [1.82, 2.24) is 4.90 Å². The first-order valence-electron chi connectivity index (χ1n) is 8.95. The summed E-state index contributed by atoms with van der Waals surface area (Å²) in [5.41, 5.74) is 2.13. The quantitative estimate of drug-likeness (QED) is 0.656. The lowest BCUT2D eigenvalue weighted by atomic mass is 9.97. The molecule has 24 heavy (non-hydrogen) atoms. The predicted molar refractivity (Wildman–Crippen MR) is 107 cm³/mol. The molecule has 0 aliphatic carbocycles. The van der Waals surface area contributed by atoms with Crippen LogP contribution in [0.4, 0.5) is 0 Å². The minimum atomic E-state index is -1.32. The molecule has 2 nitrogen and oxygen atoms in total. The molecular weight excluding hydrogens is 310 g/mol. The van der Waals surface area contributed by atoms with E-state index >= 15 is 0 Å². The summed E-state index contributed by atoms with van der Waals surface area (Å²) in [5, 5.41) is 2.23. The minimum absolute atomic E-state index is 0.171. The Labute approximate surface area is 147 Å². The zero-order valence-corrected chi connectivity index (χ0v) is 17.2. The van der Waals surface area contributed by atoms with Gasteiger partial charge in [-0.25, -0.2) is 0 Å². The van der Waals surface area contributed by atoms with Crippen LogP contribution < -0.4 is 0 Å². The van der Waals surface area contributed by atoms with E-state index in [4.69, 9.17) is 0 Å². The molecule has 0 aromatic heterocycles. The first-order chi connectivity index (χ1) is 11.1. The van der Waals surface area contributed by atoms with E-state index in [9.17, 15) is 4.79 Å². The molecule has 0 aliphatic rings. The van der Waals surface area contributed by atoms with Gasteiger partial charge in [-0.05, 0) is 50.1 Å². The Bertz CT molecular complexity index is 720. The van der Waals surface area contributed by atoms with E-state index in [2.05, 4.69) is 71.6 Å². The number of nitrogens with zero attached hydrogens (tertiary/aromatic N) is 1. The van der Waals surface area contributed by atoms with E-state index in [1.807, 2.05) is 17.0 Å². The summed E-state index contributed by atoms with van der Waals surface area (Å²) in [6, 6.07) is 14.0. The number of carbonyl (C=O) groups is 1. The second-order valence-electron chi connectivity index (χ2n) is 8.46. The third kappa shape index (κ3) is 4.07. The third-order valence-corrected chi connectivity index (χ3v) is 5.74. The zero-order chi connectivity index (χ0) is 18.1. The number of amides is 1. The SMILES string of the molecule is CC(C)N(C(=O)c1c(C[Si](C)(C)C)ccc2ccccc12)C(C)C. The van der Waals surface area contributed by atoms with Crippen LogP contribution in [0.5, 0.6) is 0 Å². The molecule has 2 aromatic carbocycles. The molecule has 130 valence electrons. The van der Waals surface area contributed by atoms with E-state index in [0.717, 1.165) is 22.4 Å². The minimum Gasteiger partial charge on any atom is -0.334 e. The molecule has 0 saturated heterocycles. The zero-order valence-electron chi connectivity index (χ0n) is 16.2. The van der Waals surface area contributed by atoms with Crippen LogP contribution in [-0.2, 0) is 6.04 Å². The fourth-order valence-corrected chi connectivity index (χ4v) is 4.92. The molecule has 0 saturated carbocycles. The van der Waals surface area contributed by atoms with E-state index in [1.165, 1.54) is 5.56 Å². The number of carbonyl (C=O) groups excluding carboxylic acids is 1. The number of hydrogen-bond donors (Lipinski definition) is 0. The van der Waals surface area contributed by atoms with Gasteiger partial charge in [0.05, 0.1) is 5.56 Å². The van der Waals surface area contributed by atoms with Crippen LogP contribution in [0.25, 0.3) is 10.8 Å². The Hall–Kier alpha value is -1.61. The van der Waals surface area contributed by atoms with Crippen molar-refractivity contribution in [3.05, 3.63) is 47.5 Å². The second kappa shape index (κ2) is 7.10. The molecular formula is C21H31NOSi. The van der Waals surface area contributed by atoms with Gasteiger partial charge in [-0.3, -0.25) is 4.79 Å². The molecule has 0 fully saturated rings. The fourth-order valence-electron chi connectivity index (χ4n) is 3.48. The molecule has 2 rings (SSSR count). The maximum absolute atomic E-state index is 13.5. The highest BCUT2D eigenvalue weighted by Gasteiger charge is 2.27. The predicted octanol–water partition coefficient (Wildman–Crippen LogP) is 5.52. The molecule has 1 amide bonds. The Balaban J connectivity index is 2.68. The summed E-state index contributed by atoms with van der Waals surface area (Å²) in [6.45, 7) is 15.5. The summed E-state index contributed by atoms with van der Waals surface area (Å²) in [4.78, 5) is 15.5. The Morgan fingerprint density at radius 1 is 0.958 bits per heavy atom. The van der Waals surface area contributed by atoms with Gasteiger partial charge in [0.25, 0.3) is 5.91 Å².